The van der Waals surface area contributed by atoms with Gasteiger partial charge in [-0.15, -0.1) is 0 Å². The maximum absolute atomic E-state index is 12.3. The second-order valence-electron chi connectivity index (χ2n) is 5.85. The van der Waals surface area contributed by atoms with Crippen LogP contribution >= 0.6 is 0 Å². The van der Waals surface area contributed by atoms with Gasteiger partial charge >= 0.3 is 6.09 Å². The highest BCUT2D eigenvalue weighted by Crippen LogP contribution is 2.47. The Morgan fingerprint density at radius 3 is 1.67 bits per heavy atom. The van der Waals surface area contributed by atoms with E-state index in [1.165, 1.54) is 0 Å². The average Bonchev–Trinajstić information content (AvgIpc) is 3.02. The predicted molar refractivity (Wildman–Crippen MR) is 92.5 cm³/mol. The smallest absolute Gasteiger partial charge is 0.409 e. The number of ether oxygens (including phenoxy) is 1. The number of amides is 1. The summed E-state index contributed by atoms with van der Waals surface area (Å²) in [5.41, 5.74) is 2.02. The normalized spacial score (nSPS) is 18.7. The lowest BCUT2D eigenvalue weighted by molar-refractivity contribution is 0.0682. The Bertz CT molecular complexity index is 792. The minimum atomic E-state index is -0.888. The number of rotatable bonds is 3. The summed E-state index contributed by atoms with van der Waals surface area (Å²) in [6.07, 6.45) is -0.406. The number of hydrogen-bond acceptors (Lipinski definition) is 2. The zero-order chi connectivity index (χ0) is 16.4. The molecule has 1 aliphatic heterocycles. The van der Waals surface area contributed by atoms with E-state index in [2.05, 4.69) is 5.32 Å². The van der Waals surface area contributed by atoms with E-state index in [0.29, 0.717) is 0 Å². The number of carbonyl (C=O) groups is 1. The second kappa shape index (κ2) is 5.85. The third-order valence-electron chi connectivity index (χ3n) is 4.46. The van der Waals surface area contributed by atoms with Crippen LogP contribution in [0.4, 0.5) is 4.79 Å². The first-order valence-corrected chi connectivity index (χ1v) is 7.96. The first kappa shape index (κ1) is 14.5. The molecule has 1 heterocycles. The molecule has 1 atom stereocenters. The van der Waals surface area contributed by atoms with Crippen molar-refractivity contribution in [1.82, 2.24) is 5.32 Å². The van der Waals surface area contributed by atoms with Gasteiger partial charge in [0.05, 0.1) is 0 Å². The number of benzene rings is 3. The minimum absolute atomic E-state index is 0.295. The standard InChI is InChI=1S/C21H17NO2/c23-20-22-19(16-10-4-1-5-11-16)21(24-20,17-12-6-2-7-13-17)18-14-8-3-9-15-18/h1-15,19H,(H,22,23)/t19-/m1/s1. The molecule has 1 N–H and O–H groups in total. The quantitative estimate of drug-likeness (QED) is 0.777. The summed E-state index contributed by atoms with van der Waals surface area (Å²) < 4.78 is 5.94. The van der Waals surface area contributed by atoms with Gasteiger partial charge in [-0.3, -0.25) is 0 Å². The zero-order valence-corrected chi connectivity index (χ0v) is 13.1. The molecule has 24 heavy (non-hydrogen) atoms. The predicted octanol–water partition coefficient (Wildman–Crippen LogP) is 4.41. The van der Waals surface area contributed by atoms with Crippen molar-refractivity contribution in [2.75, 3.05) is 0 Å². The van der Waals surface area contributed by atoms with Gasteiger partial charge in [0.15, 0.2) is 5.60 Å². The first-order chi connectivity index (χ1) is 11.8. The number of hydrogen-bond donors (Lipinski definition) is 1. The lowest BCUT2D eigenvalue weighted by Gasteiger charge is -2.33. The fraction of sp³-hybridized carbons (Fsp3) is 0.0952. The molecule has 0 saturated carbocycles. The van der Waals surface area contributed by atoms with E-state index >= 15 is 0 Å². The lowest BCUT2D eigenvalue weighted by Crippen LogP contribution is -2.35. The van der Waals surface area contributed by atoms with Crippen molar-refractivity contribution < 1.29 is 9.53 Å². The molecule has 1 aliphatic rings. The third-order valence-corrected chi connectivity index (χ3v) is 4.46. The highest BCUT2D eigenvalue weighted by molar-refractivity contribution is 5.74. The Morgan fingerprint density at radius 1 is 0.708 bits per heavy atom. The Morgan fingerprint density at radius 2 is 1.17 bits per heavy atom. The van der Waals surface area contributed by atoms with E-state index in [-0.39, 0.29) is 6.04 Å². The first-order valence-electron chi connectivity index (χ1n) is 7.96. The Kier molecular flexibility index (Phi) is 3.54. The van der Waals surface area contributed by atoms with Crippen LogP contribution in [0.3, 0.4) is 0 Å². The average molecular weight is 315 g/mol. The fourth-order valence-corrected chi connectivity index (χ4v) is 3.41. The van der Waals surface area contributed by atoms with Crippen LogP contribution in [-0.2, 0) is 10.3 Å². The second-order valence-corrected chi connectivity index (χ2v) is 5.85. The maximum atomic E-state index is 12.3. The number of carbonyl (C=O) groups excluding carboxylic acids is 1. The third kappa shape index (κ3) is 2.26. The molecule has 3 nitrogen and oxygen atoms in total. The molecule has 3 aromatic rings. The zero-order valence-electron chi connectivity index (χ0n) is 13.1. The molecule has 0 aliphatic carbocycles. The van der Waals surface area contributed by atoms with Gasteiger partial charge in [-0.25, -0.2) is 4.79 Å². The Labute approximate surface area is 140 Å². The van der Waals surface area contributed by atoms with Gasteiger partial charge in [-0.2, -0.15) is 0 Å². The minimum Gasteiger partial charge on any atom is -0.430 e. The molecule has 4 rings (SSSR count). The highest BCUT2D eigenvalue weighted by atomic mass is 16.6. The van der Waals surface area contributed by atoms with Crippen LogP contribution in [0.5, 0.6) is 0 Å². The van der Waals surface area contributed by atoms with E-state index in [1.54, 1.807) is 0 Å². The molecule has 0 radical (unpaired) electrons. The molecular weight excluding hydrogens is 298 g/mol. The van der Waals surface area contributed by atoms with E-state index in [9.17, 15) is 4.79 Å². The summed E-state index contributed by atoms with van der Waals surface area (Å²) in [6.45, 7) is 0. The molecule has 0 spiro atoms. The van der Waals surface area contributed by atoms with Crippen LogP contribution in [0.25, 0.3) is 0 Å². The van der Waals surface area contributed by atoms with Crippen molar-refractivity contribution in [3.8, 4) is 0 Å². The van der Waals surface area contributed by atoms with Gasteiger partial charge in [0.2, 0.25) is 0 Å². The molecule has 0 aromatic heterocycles. The van der Waals surface area contributed by atoms with Crippen LogP contribution in [0.2, 0.25) is 0 Å². The van der Waals surface area contributed by atoms with E-state index in [1.807, 2.05) is 91.0 Å². The SMILES string of the molecule is O=C1N[C@H](c2ccccc2)C(c2ccccc2)(c2ccccc2)O1. The molecule has 1 saturated heterocycles. The van der Waals surface area contributed by atoms with Gasteiger partial charge in [0, 0.05) is 11.1 Å². The summed E-state index contributed by atoms with van der Waals surface area (Å²) in [5.74, 6) is 0. The van der Waals surface area contributed by atoms with Crippen LogP contribution < -0.4 is 5.32 Å². The largest absolute Gasteiger partial charge is 0.430 e. The fourth-order valence-electron chi connectivity index (χ4n) is 3.41. The van der Waals surface area contributed by atoms with Gasteiger partial charge < -0.3 is 10.1 Å². The van der Waals surface area contributed by atoms with Crippen LogP contribution in [-0.4, -0.2) is 6.09 Å². The summed E-state index contributed by atoms with van der Waals surface area (Å²) in [6, 6.07) is 29.4. The monoisotopic (exact) mass is 315 g/mol. The lowest BCUT2D eigenvalue weighted by atomic mass is 9.78. The van der Waals surface area contributed by atoms with Crippen LogP contribution in [0.15, 0.2) is 91.0 Å². The van der Waals surface area contributed by atoms with Crippen molar-refractivity contribution in [2.45, 2.75) is 11.6 Å². The Balaban J connectivity index is 1.97. The molecule has 118 valence electrons. The van der Waals surface area contributed by atoms with Gasteiger partial charge in [-0.05, 0) is 5.56 Å². The van der Waals surface area contributed by atoms with Crippen molar-refractivity contribution in [3.05, 3.63) is 108 Å². The van der Waals surface area contributed by atoms with Crippen LogP contribution in [0.1, 0.15) is 22.7 Å². The number of cyclic esters (lactones) is 1. The molecule has 0 bridgehead atoms. The van der Waals surface area contributed by atoms with E-state index in [0.717, 1.165) is 16.7 Å². The number of nitrogens with one attached hydrogen (secondary N) is 1. The highest BCUT2D eigenvalue weighted by Gasteiger charge is 2.52. The van der Waals surface area contributed by atoms with E-state index < -0.39 is 11.7 Å². The van der Waals surface area contributed by atoms with Crippen molar-refractivity contribution in [2.24, 2.45) is 0 Å². The molecule has 0 unspecified atom stereocenters. The maximum Gasteiger partial charge on any atom is 0.409 e. The Hall–Kier alpha value is -3.07. The van der Waals surface area contributed by atoms with Gasteiger partial charge in [-0.1, -0.05) is 91.0 Å². The van der Waals surface area contributed by atoms with Crippen molar-refractivity contribution in [3.63, 3.8) is 0 Å². The molecule has 1 fully saturated rings. The summed E-state index contributed by atoms with van der Waals surface area (Å²) in [4.78, 5) is 12.3. The van der Waals surface area contributed by atoms with Gasteiger partial charge in [0.1, 0.15) is 6.04 Å². The molecular formula is C21H17NO2. The van der Waals surface area contributed by atoms with Crippen molar-refractivity contribution in [1.29, 1.82) is 0 Å². The van der Waals surface area contributed by atoms with Gasteiger partial charge in [0.25, 0.3) is 0 Å². The summed E-state index contributed by atoms with van der Waals surface area (Å²) >= 11 is 0. The number of alkyl carbamates (subject to hydrolysis) is 1. The molecule has 3 heteroatoms. The molecule has 3 aromatic carbocycles. The van der Waals surface area contributed by atoms with Crippen LogP contribution in [0, 0.1) is 0 Å². The summed E-state index contributed by atoms with van der Waals surface area (Å²) in [5, 5.41) is 3.00. The summed E-state index contributed by atoms with van der Waals surface area (Å²) in [7, 11) is 0. The van der Waals surface area contributed by atoms with Crippen molar-refractivity contribution >= 4 is 6.09 Å². The molecule has 1 amide bonds. The van der Waals surface area contributed by atoms with E-state index in [4.69, 9.17) is 4.74 Å². The topological polar surface area (TPSA) is 38.3 Å².